The fraction of sp³-hybridized carbons (Fsp3) is 0. The van der Waals surface area contributed by atoms with E-state index in [1.54, 1.807) is 0 Å². The molecule has 2 aromatic heterocycles. The minimum absolute atomic E-state index is 0. The zero-order chi connectivity index (χ0) is 11.3. The molecule has 0 bridgehead atoms. The lowest BCUT2D eigenvalue weighted by molar-refractivity contribution is -0.384. The van der Waals surface area contributed by atoms with Gasteiger partial charge in [0, 0.05) is 0 Å². The van der Waals surface area contributed by atoms with Crippen molar-refractivity contribution in [3.05, 3.63) is 33.9 Å². The van der Waals surface area contributed by atoms with Crippen LogP contribution in [0.15, 0.2) is 18.6 Å². The Kier molecular flexibility index (Phi) is 5.89. The minimum Gasteiger partial charge on any atom is -0.395 e. The summed E-state index contributed by atoms with van der Waals surface area (Å²) >= 11 is 5.38. The molecule has 2 rings (SSSR count). The van der Waals surface area contributed by atoms with E-state index in [4.69, 9.17) is 17.3 Å². The first-order valence-corrected chi connectivity index (χ1v) is 4.06. The Labute approximate surface area is 101 Å². The Morgan fingerprint density at radius 2 is 2.12 bits per heavy atom. The number of nitro groups is 1. The number of halogens is 2. The summed E-state index contributed by atoms with van der Waals surface area (Å²) in [6.07, 6.45) is 3.84. The molecule has 0 saturated heterocycles. The smallest absolute Gasteiger partial charge is 0.306 e. The molecule has 2 heterocycles. The van der Waals surface area contributed by atoms with E-state index in [0.29, 0.717) is 10.8 Å². The van der Waals surface area contributed by atoms with Gasteiger partial charge in [0.1, 0.15) is 11.3 Å². The van der Waals surface area contributed by atoms with Gasteiger partial charge in [0.2, 0.25) is 0 Å². The number of nitrogens with two attached hydrogens (primary N) is 1. The van der Waals surface area contributed by atoms with Gasteiger partial charge in [-0.05, 0) is 0 Å². The molecule has 0 aliphatic rings. The van der Waals surface area contributed by atoms with Gasteiger partial charge in [0.15, 0.2) is 0 Å². The largest absolute Gasteiger partial charge is 0.395 e. The number of nitrogens with one attached hydrogen (secondary N) is 2. The molecular formula is C6H8Cl2N6O2. The third kappa shape index (κ3) is 4.15. The Morgan fingerprint density at radius 1 is 1.44 bits per heavy atom. The molecule has 0 unspecified atom stereocenters. The second kappa shape index (κ2) is 6.64. The molecule has 0 spiro atoms. The van der Waals surface area contributed by atoms with Crippen LogP contribution in [-0.4, -0.2) is 25.3 Å². The quantitative estimate of drug-likeness (QED) is 0.531. The number of rotatable bonds is 1. The second-order valence-corrected chi connectivity index (χ2v) is 2.73. The molecule has 0 fully saturated rings. The maximum Gasteiger partial charge on any atom is 0.306 e. The van der Waals surface area contributed by atoms with Crippen molar-refractivity contribution < 1.29 is 4.92 Å². The molecular weight excluding hydrogens is 259 g/mol. The topological polar surface area (TPSA) is 127 Å². The van der Waals surface area contributed by atoms with Gasteiger partial charge in [-0.15, -0.1) is 12.4 Å². The maximum atomic E-state index is 9.81. The molecule has 8 nitrogen and oxygen atoms in total. The molecule has 2 aromatic rings. The predicted octanol–water partition coefficient (Wildman–Crippen LogP) is 1.38. The van der Waals surface area contributed by atoms with E-state index < -0.39 is 4.92 Å². The van der Waals surface area contributed by atoms with E-state index in [-0.39, 0.29) is 18.1 Å². The molecule has 0 saturated carbocycles. The van der Waals surface area contributed by atoms with Crippen LogP contribution in [-0.2, 0) is 0 Å². The van der Waals surface area contributed by atoms with E-state index in [1.807, 2.05) is 0 Å². The Morgan fingerprint density at radius 3 is 2.31 bits per heavy atom. The molecule has 0 atom stereocenters. The normalized spacial score (nSPS) is 8.56. The lowest BCUT2D eigenvalue weighted by atomic mass is 10.6. The van der Waals surface area contributed by atoms with Crippen molar-refractivity contribution in [3.63, 3.8) is 0 Å². The summed E-state index contributed by atoms with van der Waals surface area (Å²) in [5, 5.41) is 21.9. The summed E-state index contributed by atoms with van der Waals surface area (Å²) in [6, 6.07) is 0. The van der Waals surface area contributed by atoms with Gasteiger partial charge in [-0.25, -0.2) is 0 Å². The van der Waals surface area contributed by atoms with Gasteiger partial charge in [0.25, 0.3) is 0 Å². The van der Waals surface area contributed by atoms with Gasteiger partial charge in [0.05, 0.1) is 23.0 Å². The van der Waals surface area contributed by atoms with Crippen LogP contribution < -0.4 is 5.73 Å². The minimum atomic E-state index is -0.510. The molecule has 0 aliphatic heterocycles. The highest BCUT2D eigenvalue weighted by atomic mass is 35.5. The van der Waals surface area contributed by atoms with Gasteiger partial charge in [-0.2, -0.15) is 10.2 Å². The molecule has 88 valence electrons. The van der Waals surface area contributed by atoms with E-state index in [2.05, 4.69) is 20.4 Å². The fourth-order valence-corrected chi connectivity index (χ4v) is 0.721. The third-order valence-corrected chi connectivity index (χ3v) is 1.62. The zero-order valence-electron chi connectivity index (χ0n) is 7.75. The first-order chi connectivity index (χ1) is 7.11. The van der Waals surface area contributed by atoms with Crippen LogP contribution in [0.5, 0.6) is 0 Å². The van der Waals surface area contributed by atoms with E-state index in [9.17, 15) is 10.1 Å². The molecule has 16 heavy (non-hydrogen) atoms. The van der Waals surface area contributed by atoms with E-state index in [0.717, 1.165) is 6.20 Å². The Bertz CT molecular complexity index is 411. The van der Waals surface area contributed by atoms with Crippen molar-refractivity contribution in [2.45, 2.75) is 0 Å². The predicted molar refractivity (Wildman–Crippen MR) is 60.5 cm³/mol. The van der Waals surface area contributed by atoms with Gasteiger partial charge >= 0.3 is 5.69 Å². The molecule has 10 heteroatoms. The number of nitrogens with zero attached hydrogens (tertiary/aromatic N) is 3. The highest BCUT2D eigenvalue weighted by Gasteiger charge is 2.02. The number of hydrogen-bond acceptors (Lipinski definition) is 5. The van der Waals surface area contributed by atoms with Crippen molar-refractivity contribution in [1.29, 1.82) is 0 Å². The monoisotopic (exact) mass is 266 g/mol. The van der Waals surface area contributed by atoms with Gasteiger partial charge in [-0.3, -0.25) is 20.3 Å². The molecule has 0 amide bonds. The summed E-state index contributed by atoms with van der Waals surface area (Å²) < 4.78 is 0. The highest BCUT2D eigenvalue weighted by molar-refractivity contribution is 6.31. The lowest BCUT2D eigenvalue weighted by Crippen LogP contribution is -1.82. The van der Waals surface area contributed by atoms with Crippen LogP contribution in [0.1, 0.15) is 0 Å². The summed E-state index contributed by atoms with van der Waals surface area (Å²) in [5.41, 5.74) is 5.69. The summed E-state index contributed by atoms with van der Waals surface area (Å²) in [6.45, 7) is 0. The SMILES string of the molecule is Cl.Nc1cn[nH]c1Cl.O=[N+]([O-])c1cn[nH]c1. The number of aromatic nitrogens is 4. The van der Waals surface area contributed by atoms with Crippen molar-refractivity contribution in [2.24, 2.45) is 0 Å². The number of aromatic amines is 2. The molecule has 0 aromatic carbocycles. The fourth-order valence-electron chi connectivity index (χ4n) is 0.624. The van der Waals surface area contributed by atoms with Gasteiger partial charge < -0.3 is 5.73 Å². The number of H-pyrrole nitrogens is 2. The number of nitrogen functional groups attached to an aromatic ring is 1. The Hall–Kier alpha value is -1.80. The average Bonchev–Trinajstić information content (AvgIpc) is 2.80. The first kappa shape index (κ1) is 14.2. The van der Waals surface area contributed by atoms with Crippen molar-refractivity contribution in [1.82, 2.24) is 20.4 Å². The first-order valence-electron chi connectivity index (χ1n) is 3.68. The van der Waals surface area contributed by atoms with Crippen LogP contribution in [0, 0.1) is 10.1 Å². The summed E-state index contributed by atoms with van der Waals surface area (Å²) in [7, 11) is 0. The lowest BCUT2D eigenvalue weighted by Gasteiger charge is -1.76. The Balaban J connectivity index is 0.000000267. The van der Waals surface area contributed by atoms with Crippen LogP contribution in [0.25, 0.3) is 0 Å². The maximum absolute atomic E-state index is 9.81. The van der Waals surface area contributed by atoms with E-state index in [1.165, 1.54) is 12.4 Å². The van der Waals surface area contributed by atoms with Crippen LogP contribution >= 0.6 is 24.0 Å². The standard InChI is InChI=1S/C3H4ClN3.C3H3N3O2.ClH/c4-3-2(5)1-6-7-3;7-6(8)3-1-4-5-2-3;/h1H,5H2,(H,6,7);1-2H,(H,4,5);1H. The average molecular weight is 267 g/mol. The summed E-state index contributed by atoms with van der Waals surface area (Å²) in [4.78, 5) is 9.30. The number of hydrogen-bond donors (Lipinski definition) is 3. The van der Waals surface area contributed by atoms with Crippen molar-refractivity contribution in [2.75, 3.05) is 5.73 Å². The summed E-state index contributed by atoms with van der Waals surface area (Å²) in [5.74, 6) is 0. The van der Waals surface area contributed by atoms with Crippen LogP contribution in [0.2, 0.25) is 5.15 Å². The number of anilines is 1. The van der Waals surface area contributed by atoms with Crippen LogP contribution in [0.4, 0.5) is 11.4 Å². The third-order valence-electron chi connectivity index (χ3n) is 1.31. The second-order valence-electron chi connectivity index (χ2n) is 2.35. The van der Waals surface area contributed by atoms with Gasteiger partial charge in [-0.1, -0.05) is 11.6 Å². The van der Waals surface area contributed by atoms with Crippen molar-refractivity contribution >= 4 is 35.4 Å². The van der Waals surface area contributed by atoms with E-state index >= 15 is 0 Å². The highest BCUT2D eigenvalue weighted by Crippen LogP contribution is 2.10. The molecule has 0 aliphatic carbocycles. The molecule has 0 radical (unpaired) electrons. The van der Waals surface area contributed by atoms with Crippen LogP contribution in [0.3, 0.4) is 0 Å². The molecule has 4 N–H and O–H groups in total. The zero-order valence-corrected chi connectivity index (χ0v) is 9.33. The van der Waals surface area contributed by atoms with Crippen molar-refractivity contribution in [3.8, 4) is 0 Å².